The van der Waals surface area contributed by atoms with Crippen LogP contribution in [0.3, 0.4) is 0 Å². The minimum absolute atomic E-state index is 0.0218. The Labute approximate surface area is 120 Å². The van der Waals surface area contributed by atoms with Gasteiger partial charge in [-0.1, -0.05) is 30.9 Å². The summed E-state index contributed by atoms with van der Waals surface area (Å²) in [4.78, 5) is 11.5. The van der Waals surface area contributed by atoms with E-state index in [0.29, 0.717) is 6.61 Å². The number of hydrogen-bond donors (Lipinski definition) is 1. The molecule has 0 aromatic rings. The summed E-state index contributed by atoms with van der Waals surface area (Å²) < 4.78 is 11.0. The first kappa shape index (κ1) is 18.1. The van der Waals surface area contributed by atoms with Crippen LogP contribution in [0, 0.1) is 0 Å². The van der Waals surface area contributed by atoms with E-state index in [1.54, 1.807) is 21.6 Å². The van der Waals surface area contributed by atoms with Gasteiger partial charge in [-0.25, -0.2) is 0 Å². The summed E-state index contributed by atoms with van der Waals surface area (Å²) in [7, 11) is 7.32. The van der Waals surface area contributed by atoms with Crippen LogP contribution in [0.25, 0.3) is 0 Å². The number of Topliss-reactive ketones (excluding diaryl/α,β-unsaturated/α-hetero) is 1. The highest BCUT2D eigenvalue weighted by Crippen LogP contribution is 2.45. The van der Waals surface area contributed by atoms with Crippen molar-refractivity contribution < 1.29 is 13.7 Å². The minimum atomic E-state index is -1.38. The molecule has 0 aliphatic heterocycles. The largest absolute Gasteiger partial charge is 0.367 e. The molecule has 17 heavy (non-hydrogen) atoms. The van der Waals surface area contributed by atoms with Crippen molar-refractivity contribution in [2.24, 2.45) is 0 Å². The van der Waals surface area contributed by atoms with Crippen molar-refractivity contribution in [3.8, 4) is 0 Å². The van der Waals surface area contributed by atoms with E-state index < -0.39 is 15.4 Å². The molecule has 0 amide bonds. The van der Waals surface area contributed by atoms with E-state index in [-0.39, 0.29) is 18.7 Å². The second-order valence-electron chi connectivity index (χ2n) is 3.48. The van der Waals surface area contributed by atoms with E-state index in [0.717, 1.165) is 5.75 Å². The van der Waals surface area contributed by atoms with Crippen molar-refractivity contribution >= 4 is 56.2 Å². The molecule has 0 bridgehead atoms. The number of ether oxygens (including phenoxy) is 1. The summed E-state index contributed by atoms with van der Waals surface area (Å²) in [6.07, 6.45) is 5.20. The van der Waals surface area contributed by atoms with Gasteiger partial charge < -0.3 is 8.92 Å². The van der Waals surface area contributed by atoms with E-state index in [1.165, 1.54) is 0 Å². The molecule has 8 heteroatoms. The number of hydrogen-bond acceptors (Lipinski definition) is 6. The van der Waals surface area contributed by atoms with Gasteiger partial charge in [-0.05, 0) is 25.1 Å². The maximum absolute atomic E-state index is 11.5. The molecule has 0 spiro atoms. The van der Waals surface area contributed by atoms with Gasteiger partial charge >= 0.3 is 0 Å². The molecule has 3 nitrogen and oxygen atoms in total. The summed E-state index contributed by atoms with van der Waals surface area (Å²) in [6, 6.07) is 0. The van der Waals surface area contributed by atoms with Crippen molar-refractivity contribution in [1.29, 1.82) is 0 Å². The Morgan fingerprint density at radius 2 is 2.18 bits per heavy atom. The fraction of sp³-hybridized carbons (Fsp3) is 0.889. The molecule has 0 saturated heterocycles. The zero-order valence-corrected chi connectivity index (χ0v) is 13.7. The lowest BCUT2D eigenvalue weighted by Gasteiger charge is -2.26. The first-order valence-electron chi connectivity index (χ1n) is 5.01. The monoisotopic (exact) mass is 314 g/mol. The Balaban J connectivity index is 4.02. The Bertz CT molecular complexity index is 223. The number of carbonyl (C=O) groups excluding carboxylic acids is 1. The van der Waals surface area contributed by atoms with Gasteiger partial charge in [-0.3, -0.25) is 4.79 Å². The molecule has 0 saturated carbocycles. The van der Waals surface area contributed by atoms with Gasteiger partial charge in [-0.2, -0.15) is 0 Å². The van der Waals surface area contributed by atoms with Crippen LogP contribution in [0.4, 0.5) is 0 Å². The SMILES string of the molecule is [B]CC(=O)C(COS(C)(C)S)OCCSSC. The van der Waals surface area contributed by atoms with Gasteiger partial charge in [0, 0.05) is 5.75 Å². The average molecular weight is 314 g/mol. The quantitative estimate of drug-likeness (QED) is 0.290. The first-order chi connectivity index (χ1) is 7.90. The predicted octanol–water partition coefficient (Wildman–Crippen LogP) is 2.38. The van der Waals surface area contributed by atoms with Crippen LogP contribution in [0.15, 0.2) is 0 Å². The van der Waals surface area contributed by atoms with E-state index in [4.69, 9.17) is 16.8 Å². The van der Waals surface area contributed by atoms with Crippen LogP contribution in [-0.4, -0.2) is 57.5 Å². The Kier molecular flexibility index (Phi) is 10.5. The van der Waals surface area contributed by atoms with Crippen molar-refractivity contribution in [2.75, 3.05) is 37.7 Å². The van der Waals surface area contributed by atoms with Gasteiger partial charge in [0.2, 0.25) is 0 Å². The Hall–Kier alpha value is 1.05. The lowest BCUT2D eigenvalue weighted by Crippen LogP contribution is -2.30. The topological polar surface area (TPSA) is 35.5 Å². The molecule has 0 aromatic heterocycles. The number of rotatable bonds is 10. The third-order valence-corrected chi connectivity index (χ3v) is 4.48. The molecule has 0 aliphatic carbocycles. The molecule has 100 valence electrons. The summed E-state index contributed by atoms with van der Waals surface area (Å²) in [6.45, 7) is 0.749. The minimum Gasteiger partial charge on any atom is -0.367 e. The first-order valence-corrected chi connectivity index (χ1v) is 11.2. The summed E-state index contributed by atoms with van der Waals surface area (Å²) >= 11 is 4.31. The van der Waals surface area contributed by atoms with E-state index in [9.17, 15) is 4.79 Å². The molecular weight excluding hydrogens is 295 g/mol. The van der Waals surface area contributed by atoms with Gasteiger partial charge in [0.15, 0.2) is 5.78 Å². The predicted molar refractivity (Wildman–Crippen MR) is 85.7 cm³/mol. The van der Waals surface area contributed by atoms with Gasteiger partial charge in [0.25, 0.3) is 0 Å². The summed E-state index contributed by atoms with van der Waals surface area (Å²) in [5, 5.41) is 0. The van der Waals surface area contributed by atoms with Crippen molar-refractivity contribution in [3.05, 3.63) is 0 Å². The zero-order chi connectivity index (χ0) is 13.3. The van der Waals surface area contributed by atoms with E-state index >= 15 is 0 Å². The normalized spacial score (nSPS) is 14.6. The number of ketones is 1. The van der Waals surface area contributed by atoms with Crippen LogP contribution in [0.1, 0.15) is 0 Å². The van der Waals surface area contributed by atoms with Gasteiger partial charge in [-0.15, -0.1) is 11.7 Å². The highest BCUT2D eigenvalue weighted by molar-refractivity contribution is 8.85. The molecule has 0 heterocycles. The van der Waals surface area contributed by atoms with Crippen LogP contribution < -0.4 is 0 Å². The van der Waals surface area contributed by atoms with Crippen molar-refractivity contribution in [2.45, 2.75) is 12.4 Å². The smallest absolute Gasteiger partial charge is 0.155 e. The number of carbonyl (C=O) groups is 1. The Morgan fingerprint density at radius 1 is 1.53 bits per heavy atom. The second kappa shape index (κ2) is 9.92. The molecule has 1 atom stereocenters. The average Bonchev–Trinajstić information content (AvgIpc) is 2.26. The molecular formula is C9H19BO3S4. The Morgan fingerprint density at radius 3 is 2.65 bits per heavy atom. The molecule has 0 aromatic carbocycles. The van der Waals surface area contributed by atoms with Gasteiger partial charge in [0.1, 0.15) is 6.10 Å². The van der Waals surface area contributed by atoms with Crippen LogP contribution in [0.5, 0.6) is 0 Å². The zero-order valence-electron chi connectivity index (χ0n) is 10.4. The maximum Gasteiger partial charge on any atom is 0.155 e. The maximum atomic E-state index is 11.5. The molecule has 2 radical (unpaired) electrons. The molecule has 0 N–H and O–H groups in total. The van der Waals surface area contributed by atoms with Crippen LogP contribution in [-0.2, 0) is 13.7 Å². The van der Waals surface area contributed by atoms with E-state index in [2.05, 4.69) is 11.7 Å². The fourth-order valence-corrected chi connectivity index (χ4v) is 2.58. The van der Waals surface area contributed by atoms with E-state index in [1.807, 2.05) is 18.8 Å². The highest BCUT2D eigenvalue weighted by Gasteiger charge is 2.19. The summed E-state index contributed by atoms with van der Waals surface area (Å²) in [5.41, 5.74) is 0. The number of thiol groups is 1. The third-order valence-electron chi connectivity index (χ3n) is 1.67. The summed E-state index contributed by atoms with van der Waals surface area (Å²) in [5.74, 6) is 0.711. The molecule has 1 unspecified atom stereocenters. The fourth-order valence-electron chi connectivity index (χ4n) is 0.901. The second-order valence-corrected chi connectivity index (χ2v) is 11.4. The lowest BCUT2D eigenvalue weighted by atomic mass is 9.98. The van der Waals surface area contributed by atoms with Crippen LogP contribution in [0.2, 0.25) is 6.32 Å². The third kappa shape index (κ3) is 10.6. The van der Waals surface area contributed by atoms with Crippen LogP contribution >= 0.6 is 42.6 Å². The molecule has 0 aliphatic rings. The standard InChI is InChI=1S/C9H19BO3S4/c1-15-16-5-4-12-9(8(11)6-10)7-13-17(2,3)14/h9,14H,4-7H2,1-3H3. The molecule has 0 fully saturated rings. The van der Waals surface area contributed by atoms with Crippen molar-refractivity contribution in [3.63, 3.8) is 0 Å². The molecule has 0 rings (SSSR count). The van der Waals surface area contributed by atoms with Crippen molar-refractivity contribution in [1.82, 2.24) is 0 Å². The highest BCUT2D eigenvalue weighted by atomic mass is 33.1. The lowest BCUT2D eigenvalue weighted by molar-refractivity contribution is -0.129. The van der Waals surface area contributed by atoms with Gasteiger partial charge in [0.05, 0.1) is 21.1 Å².